The Bertz CT molecular complexity index is 1480. The van der Waals surface area contributed by atoms with E-state index >= 15 is 0 Å². The van der Waals surface area contributed by atoms with Crippen LogP contribution in [0.1, 0.15) is 47.7 Å². The molecule has 1 amide bonds. The SMILES string of the molecule is C[C@@H](NC(=O)C[C@H](c1cccc(F)c1)c1cnc2c(OCc3ccccc3)cccn12)c1ccccc1. The predicted molar refractivity (Wildman–Crippen MR) is 142 cm³/mol. The number of carbonyl (C=O) groups is 1. The summed E-state index contributed by atoms with van der Waals surface area (Å²) < 4.78 is 22.2. The first kappa shape index (κ1) is 24.3. The molecule has 5 nitrogen and oxygen atoms in total. The molecule has 0 radical (unpaired) electrons. The molecule has 0 aliphatic carbocycles. The number of nitrogens with one attached hydrogen (secondary N) is 1. The van der Waals surface area contributed by atoms with E-state index < -0.39 is 5.92 Å². The van der Waals surface area contributed by atoms with Gasteiger partial charge in [-0.05, 0) is 47.9 Å². The quantitative estimate of drug-likeness (QED) is 0.257. The Morgan fingerprint density at radius 3 is 2.43 bits per heavy atom. The van der Waals surface area contributed by atoms with Crippen LogP contribution in [0.15, 0.2) is 109 Å². The van der Waals surface area contributed by atoms with E-state index in [1.54, 1.807) is 12.3 Å². The summed E-state index contributed by atoms with van der Waals surface area (Å²) in [5.74, 6) is -0.242. The summed E-state index contributed by atoms with van der Waals surface area (Å²) in [4.78, 5) is 17.8. The summed E-state index contributed by atoms with van der Waals surface area (Å²) in [5.41, 5.74) is 4.22. The molecular weight excluding hydrogens is 465 g/mol. The first-order valence-corrected chi connectivity index (χ1v) is 12.3. The lowest BCUT2D eigenvalue weighted by atomic mass is 9.92. The van der Waals surface area contributed by atoms with Gasteiger partial charge in [0.2, 0.25) is 5.91 Å². The average Bonchev–Trinajstić information content (AvgIpc) is 3.36. The number of fused-ring (bicyclic) bond motifs is 1. The molecule has 0 unspecified atom stereocenters. The highest BCUT2D eigenvalue weighted by Crippen LogP contribution is 2.32. The molecule has 2 atom stereocenters. The molecule has 0 aliphatic rings. The van der Waals surface area contributed by atoms with Gasteiger partial charge in [-0.25, -0.2) is 9.37 Å². The summed E-state index contributed by atoms with van der Waals surface area (Å²) in [6.45, 7) is 2.37. The maximum atomic E-state index is 14.2. The van der Waals surface area contributed by atoms with Crippen LogP contribution in [0.5, 0.6) is 5.75 Å². The Labute approximate surface area is 215 Å². The first-order valence-electron chi connectivity index (χ1n) is 12.3. The van der Waals surface area contributed by atoms with Gasteiger partial charge in [-0.2, -0.15) is 0 Å². The van der Waals surface area contributed by atoms with Gasteiger partial charge in [0.25, 0.3) is 0 Å². The second kappa shape index (κ2) is 11.1. The lowest BCUT2D eigenvalue weighted by molar-refractivity contribution is -0.122. The van der Waals surface area contributed by atoms with Crippen molar-refractivity contribution in [2.45, 2.75) is 31.9 Å². The number of nitrogens with zero attached hydrogens (tertiary/aromatic N) is 2. The smallest absolute Gasteiger partial charge is 0.221 e. The zero-order valence-electron chi connectivity index (χ0n) is 20.6. The van der Waals surface area contributed by atoms with Crippen molar-refractivity contribution in [2.75, 3.05) is 0 Å². The van der Waals surface area contributed by atoms with E-state index in [1.807, 2.05) is 96.4 Å². The van der Waals surface area contributed by atoms with Crippen LogP contribution in [-0.4, -0.2) is 15.3 Å². The van der Waals surface area contributed by atoms with Gasteiger partial charge in [0.05, 0.1) is 11.7 Å². The molecule has 5 aromatic rings. The summed E-state index contributed by atoms with van der Waals surface area (Å²) in [7, 11) is 0. The Morgan fingerprint density at radius 1 is 0.946 bits per heavy atom. The van der Waals surface area contributed by atoms with E-state index in [2.05, 4.69) is 10.3 Å². The zero-order chi connectivity index (χ0) is 25.6. The third kappa shape index (κ3) is 5.70. The maximum absolute atomic E-state index is 14.2. The normalized spacial score (nSPS) is 12.7. The van der Waals surface area contributed by atoms with Crippen LogP contribution in [0.25, 0.3) is 5.65 Å². The van der Waals surface area contributed by atoms with Crippen molar-refractivity contribution in [1.29, 1.82) is 0 Å². The van der Waals surface area contributed by atoms with Crippen LogP contribution in [0.3, 0.4) is 0 Å². The second-order valence-corrected chi connectivity index (χ2v) is 9.03. The molecule has 37 heavy (non-hydrogen) atoms. The number of pyridine rings is 1. The number of halogens is 1. The summed E-state index contributed by atoms with van der Waals surface area (Å²) in [6.07, 6.45) is 3.78. The first-order chi connectivity index (χ1) is 18.1. The number of hydrogen-bond donors (Lipinski definition) is 1. The van der Waals surface area contributed by atoms with Gasteiger partial charge < -0.3 is 14.5 Å². The van der Waals surface area contributed by atoms with Crippen molar-refractivity contribution in [1.82, 2.24) is 14.7 Å². The van der Waals surface area contributed by atoms with E-state index in [1.165, 1.54) is 12.1 Å². The van der Waals surface area contributed by atoms with Gasteiger partial charge in [0.1, 0.15) is 12.4 Å². The molecule has 5 rings (SSSR count). The third-order valence-electron chi connectivity index (χ3n) is 6.44. The summed E-state index contributed by atoms with van der Waals surface area (Å²) in [6, 6.07) is 29.7. The minimum Gasteiger partial charge on any atom is -0.485 e. The molecule has 3 aromatic carbocycles. The minimum absolute atomic E-state index is 0.128. The lowest BCUT2D eigenvalue weighted by Gasteiger charge is -2.20. The molecular formula is C31H28FN3O2. The van der Waals surface area contributed by atoms with E-state index in [9.17, 15) is 9.18 Å². The molecule has 0 fully saturated rings. The molecule has 0 saturated carbocycles. The van der Waals surface area contributed by atoms with Crippen LogP contribution in [0.4, 0.5) is 4.39 Å². The van der Waals surface area contributed by atoms with Gasteiger partial charge in [-0.3, -0.25) is 4.79 Å². The second-order valence-electron chi connectivity index (χ2n) is 9.03. The van der Waals surface area contributed by atoms with Crippen LogP contribution < -0.4 is 10.1 Å². The number of rotatable bonds is 9. The van der Waals surface area contributed by atoms with Crippen molar-refractivity contribution < 1.29 is 13.9 Å². The van der Waals surface area contributed by atoms with Gasteiger partial charge >= 0.3 is 0 Å². The Kier molecular flexibility index (Phi) is 7.26. The predicted octanol–water partition coefficient (Wildman–Crippen LogP) is 6.45. The standard InChI is InChI=1S/C31H28FN3O2/c1-22(24-12-6-3-7-13-24)34-30(36)19-27(25-14-8-15-26(32)18-25)28-20-33-31-29(16-9-17-35(28)31)37-21-23-10-4-2-5-11-23/h2-18,20,22,27H,19,21H2,1H3,(H,34,36)/t22-,27-/m1/s1. The van der Waals surface area contributed by atoms with Gasteiger partial charge in [-0.1, -0.05) is 72.8 Å². The molecule has 0 spiro atoms. The topological polar surface area (TPSA) is 55.6 Å². The maximum Gasteiger partial charge on any atom is 0.221 e. The lowest BCUT2D eigenvalue weighted by Crippen LogP contribution is -2.28. The highest BCUT2D eigenvalue weighted by atomic mass is 19.1. The van der Waals surface area contributed by atoms with Gasteiger partial charge in [0, 0.05) is 24.7 Å². The number of aromatic nitrogens is 2. The fraction of sp³-hybridized carbons (Fsp3) is 0.161. The highest BCUT2D eigenvalue weighted by Gasteiger charge is 2.24. The van der Waals surface area contributed by atoms with E-state index in [0.29, 0.717) is 23.6 Å². The monoisotopic (exact) mass is 493 g/mol. The Hall–Kier alpha value is -4.45. The Morgan fingerprint density at radius 2 is 1.68 bits per heavy atom. The van der Waals surface area contributed by atoms with Crippen molar-refractivity contribution in [3.05, 3.63) is 138 Å². The van der Waals surface area contributed by atoms with Crippen molar-refractivity contribution in [3.63, 3.8) is 0 Å². The highest BCUT2D eigenvalue weighted by molar-refractivity contribution is 5.78. The van der Waals surface area contributed by atoms with E-state index in [-0.39, 0.29) is 24.2 Å². The number of ether oxygens (including phenoxy) is 1. The molecule has 1 N–H and O–H groups in total. The zero-order valence-corrected chi connectivity index (χ0v) is 20.6. The average molecular weight is 494 g/mol. The summed E-state index contributed by atoms with van der Waals surface area (Å²) in [5, 5.41) is 3.08. The van der Waals surface area contributed by atoms with E-state index in [4.69, 9.17) is 4.74 Å². The fourth-order valence-electron chi connectivity index (χ4n) is 4.54. The fourth-order valence-corrected chi connectivity index (χ4v) is 4.54. The van der Waals surface area contributed by atoms with E-state index in [0.717, 1.165) is 16.8 Å². The van der Waals surface area contributed by atoms with Gasteiger partial charge in [0.15, 0.2) is 11.4 Å². The van der Waals surface area contributed by atoms with Crippen LogP contribution in [0.2, 0.25) is 0 Å². The van der Waals surface area contributed by atoms with Crippen LogP contribution in [-0.2, 0) is 11.4 Å². The summed E-state index contributed by atoms with van der Waals surface area (Å²) >= 11 is 0. The molecule has 0 aliphatic heterocycles. The molecule has 0 bridgehead atoms. The number of amides is 1. The molecule has 2 heterocycles. The molecule has 2 aromatic heterocycles. The van der Waals surface area contributed by atoms with Crippen molar-refractivity contribution >= 4 is 11.6 Å². The number of benzene rings is 3. The number of hydrogen-bond acceptors (Lipinski definition) is 3. The van der Waals surface area contributed by atoms with Crippen molar-refractivity contribution in [3.8, 4) is 5.75 Å². The minimum atomic E-state index is -0.405. The molecule has 0 saturated heterocycles. The van der Waals surface area contributed by atoms with Crippen LogP contribution in [0, 0.1) is 5.82 Å². The number of imidazole rings is 1. The van der Waals surface area contributed by atoms with Crippen LogP contribution >= 0.6 is 0 Å². The van der Waals surface area contributed by atoms with Crippen molar-refractivity contribution in [2.24, 2.45) is 0 Å². The third-order valence-corrected chi connectivity index (χ3v) is 6.44. The molecule has 186 valence electrons. The largest absolute Gasteiger partial charge is 0.485 e. The number of carbonyl (C=O) groups excluding carboxylic acids is 1. The van der Waals surface area contributed by atoms with Gasteiger partial charge in [-0.15, -0.1) is 0 Å². The Balaban J connectivity index is 1.43. The molecule has 6 heteroatoms.